The van der Waals surface area contributed by atoms with E-state index in [-0.39, 0.29) is 17.2 Å². The van der Waals surface area contributed by atoms with Gasteiger partial charge in [-0.2, -0.15) is 0 Å². The number of rotatable bonds is 3. The van der Waals surface area contributed by atoms with E-state index in [2.05, 4.69) is 12.2 Å². The zero-order chi connectivity index (χ0) is 15.7. The van der Waals surface area contributed by atoms with Gasteiger partial charge >= 0.3 is 0 Å². The Balaban J connectivity index is 2.10. The summed E-state index contributed by atoms with van der Waals surface area (Å²) in [6.45, 7) is 2.26. The molecule has 1 fully saturated rings. The largest absolute Gasteiger partial charge is 0.496 e. The first kappa shape index (κ1) is 15.7. The van der Waals surface area contributed by atoms with Crippen molar-refractivity contribution in [3.05, 3.63) is 23.3 Å². The van der Waals surface area contributed by atoms with E-state index in [9.17, 15) is 4.79 Å². The van der Waals surface area contributed by atoms with Crippen LogP contribution in [0, 0.1) is 0 Å². The predicted octanol–water partition coefficient (Wildman–Crippen LogP) is 4.58. The van der Waals surface area contributed by atoms with Crippen LogP contribution in [0.25, 0.3) is 0 Å². The third kappa shape index (κ3) is 2.50. The van der Waals surface area contributed by atoms with Gasteiger partial charge in [-0.3, -0.25) is 4.79 Å². The molecule has 0 bridgehead atoms. The molecule has 3 rings (SSSR count). The summed E-state index contributed by atoms with van der Waals surface area (Å²) in [5.41, 5.74) is 3.76. The van der Waals surface area contributed by atoms with Gasteiger partial charge in [-0.25, -0.2) is 0 Å². The van der Waals surface area contributed by atoms with Crippen molar-refractivity contribution in [3.8, 4) is 5.75 Å². The third-order valence-electron chi connectivity index (χ3n) is 5.35. The molecule has 1 spiro atoms. The first-order chi connectivity index (χ1) is 10.6. The fourth-order valence-electron chi connectivity index (χ4n) is 4.59. The van der Waals surface area contributed by atoms with Crippen molar-refractivity contribution >= 4 is 23.2 Å². The Bertz CT molecular complexity index is 579. The highest BCUT2D eigenvalue weighted by molar-refractivity contribution is 6.29. The number of alkyl halides is 1. The first-order valence-corrected chi connectivity index (χ1v) is 8.72. The molecule has 1 amide bonds. The second-order valence-electron chi connectivity index (χ2n) is 6.73. The Labute approximate surface area is 137 Å². The number of ether oxygens (including phenoxy) is 1. The molecule has 2 aliphatic carbocycles. The number of methoxy groups -OCH3 is 1. The lowest BCUT2D eigenvalue weighted by Gasteiger charge is -2.35. The second kappa shape index (κ2) is 6.11. The smallest absolute Gasteiger partial charge is 0.239 e. The summed E-state index contributed by atoms with van der Waals surface area (Å²) in [6.07, 6.45) is 7.52. The molecular formula is C18H24ClNO2. The highest BCUT2D eigenvalue weighted by Gasteiger charge is 2.46. The fourth-order valence-corrected chi connectivity index (χ4v) is 4.66. The molecule has 120 valence electrons. The van der Waals surface area contributed by atoms with Crippen LogP contribution in [-0.2, 0) is 10.2 Å². The number of fused-ring (bicyclic) bond motifs is 2. The van der Waals surface area contributed by atoms with Crippen LogP contribution in [0.2, 0.25) is 0 Å². The summed E-state index contributed by atoms with van der Waals surface area (Å²) >= 11 is 5.65. The average Bonchev–Trinajstić information content (AvgIpc) is 2.81. The van der Waals surface area contributed by atoms with Crippen LogP contribution in [0.1, 0.15) is 62.5 Å². The molecule has 1 aromatic rings. The summed E-state index contributed by atoms with van der Waals surface area (Å²) in [6, 6.07) is 3.96. The maximum Gasteiger partial charge on any atom is 0.239 e. The molecule has 1 atom stereocenters. The van der Waals surface area contributed by atoms with Gasteiger partial charge in [0.1, 0.15) is 11.6 Å². The zero-order valence-electron chi connectivity index (χ0n) is 13.4. The van der Waals surface area contributed by atoms with Gasteiger partial charge in [0.25, 0.3) is 0 Å². The summed E-state index contributed by atoms with van der Waals surface area (Å²) in [5, 5.41) is 2.97. The van der Waals surface area contributed by atoms with Gasteiger partial charge in [-0.1, -0.05) is 26.2 Å². The highest BCUT2D eigenvalue weighted by atomic mass is 35.5. The Morgan fingerprint density at radius 3 is 2.73 bits per heavy atom. The van der Waals surface area contributed by atoms with Crippen molar-refractivity contribution in [1.29, 1.82) is 0 Å². The SMILES string of the molecule is COc1ccc(NC(=O)CCl)c2c1C1(CCCCC1)CC2C. The quantitative estimate of drug-likeness (QED) is 0.827. The number of hydrogen-bond acceptors (Lipinski definition) is 2. The molecule has 0 saturated heterocycles. The lowest BCUT2D eigenvalue weighted by atomic mass is 9.69. The molecule has 0 heterocycles. The molecule has 1 saturated carbocycles. The van der Waals surface area contributed by atoms with E-state index in [1.165, 1.54) is 43.2 Å². The Morgan fingerprint density at radius 1 is 1.36 bits per heavy atom. The number of carbonyl (C=O) groups excluding carboxylic acids is 1. The lowest BCUT2D eigenvalue weighted by Crippen LogP contribution is -2.27. The van der Waals surface area contributed by atoms with Crippen molar-refractivity contribution in [2.75, 3.05) is 18.3 Å². The molecular weight excluding hydrogens is 298 g/mol. The van der Waals surface area contributed by atoms with Crippen molar-refractivity contribution in [1.82, 2.24) is 0 Å². The number of halogens is 1. The van der Waals surface area contributed by atoms with Crippen molar-refractivity contribution in [3.63, 3.8) is 0 Å². The molecule has 0 radical (unpaired) electrons. The maximum absolute atomic E-state index is 11.7. The standard InChI is InChI=1S/C18H24ClNO2/c1-12-10-18(8-4-3-5-9-18)17-14(22-2)7-6-13(16(12)17)20-15(21)11-19/h6-7,12H,3-5,8-11H2,1-2H3,(H,20,21). The van der Waals surface area contributed by atoms with Crippen LogP contribution in [0.3, 0.4) is 0 Å². The molecule has 1 N–H and O–H groups in total. The minimum atomic E-state index is -0.147. The molecule has 0 aromatic heterocycles. The zero-order valence-corrected chi connectivity index (χ0v) is 14.1. The number of carbonyl (C=O) groups is 1. The number of benzene rings is 1. The third-order valence-corrected chi connectivity index (χ3v) is 5.60. The molecule has 1 unspecified atom stereocenters. The Kier molecular flexibility index (Phi) is 4.35. The van der Waals surface area contributed by atoms with E-state index < -0.39 is 0 Å². The van der Waals surface area contributed by atoms with Crippen LogP contribution >= 0.6 is 11.6 Å². The van der Waals surface area contributed by atoms with Crippen molar-refractivity contribution in [2.24, 2.45) is 0 Å². The Hall–Kier alpha value is -1.22. The van der Waals surface area contributed by atoms with E-state index in [1.54, 1.807) is 7.11 Å². The lowest BCUT2D eigenvalue weighted by molar-refractivity contribution is -0.113. The summed E-state index contributed by atoms with van der Waals surface area (Å²) in [4.78, 5) is 11.7. The molecule has 1 aromatic carbocycles. The van der Waals surface area contributed by atoms with Gasteiger partial charge in [0, 0.05) is 11.3 Å². The van der Waals surface area contributed by atoms with Gasteiger partial charge < -0.3 is 10.1 Å². The molecule has 2 aliphatic rings. The maximum atomic E-state index is 11.7. The van der Waals surface area contributed by atoms with E-state index in [0.29, 0.717) is 5.92 Å². The highest BCUT2D eigenvalue weighted by Crippen LogP contribution is 2.58. The van der Waals surface area contributed by atoms with Crippen LogP contribution < -0.4 is 10.1 Å². The summed E-state index contributed by atoms with van der Waals surface area (Å²) in [5.74, 6) is 1.25. The number of anilines is 1. The Morgan fingerprint density at radius 2 is 2.09 bits per heavy atom. The first-order valence-electron chi connectivity index (χ1n) is 8.18. The van der Waals surface area contributed by atoms with Crippen LogP contribution in [-0.4, -0.2) is 18.9 Å². The van der Waals surface area contributed by atoms with Crippen molar-refractivity contribution < 1.29 is 9.53 Å². The van der Waals surface area contributed by atoms with E-state index >= 15 is 0 Å². The summed E-state index contributed by atoms with van der Waals surface area (Å²) in [7, 11) is 1.74. The molecule has 0 aliphatic heterocycles. The molecule has 3 nitrogen and oxygen atoms in total. The van der Waals surface area contributed by atoms with Gasteiger partial charge in [-0.15, -0.1) is 11.6 Å². The number of hydrogen-bond donors (Lipinski definition) is 1. The van der Waals surface area contributed by atoms with Gasteiger partial charge in [0.2, 0.25) is 5.91 Å². The monoisotopic (exact) mass is 321 g/mol. The van der Waals surface area contributed by atoms with Crippen LogP contribution in [0.15, 0.2) is 12.1 Å². The fraction of sp³-hybridized carbons (Fsp3) is 0.611. The normalized spacial score (nSPS) is 22.4. The van der Waals surface area contributed by atoms with Crippen LogP contribution in [0.4, 0.5) is 5.69 Å². The molecule has 22 heavy (non-hydrogen) atoms. The van der Waals surface area contributed by atoms with Crippen LogP contribution in [0.5, 0.6) is 5.75 Å². The van der Waals surface area contributed by atoms with Gasteiger partial charge in [-0.05, 0) is 48.3 Å². The molecule has 4 heteroatoms. The van der Waals surface area contributed by atoms with E-state index in [4.69, 9.17) is 16.3 Å². The van der Waals surface area contributed by atoms with E-state index in [0.717, 1.165) is 17.9 Å². The number of nitrogens with one attached hydrogen (secondary N) is 1. The average molecular weight is 322 g/mol. The minimum Gasteiger partial charge on any atom is -0.496 e. The van der Waals surface area contributed by atoms with Gasteiger partial charge in [0.15, 0.2) is 0 Å². The predicted molar refractivity (Wildman–Crippen MR) is 90.1 cm³/mol. The number of amides is 1. The topological polar surface area (TPSA) is 38.3 Å². The van der Waals surface area contributed by atoms with Crippen molar-refractivity contribution in [2.45, 2.75) is 56.8 Å². The minimum absolute atomic E-state index is 0.0136. The van der Waals surface area contributed by atoms with Gasteiger partial charge in [0.05, 0.1) is 7.11 Å². The van der Waals surface area contributed by atoms with E-state index in [1.807, 2.05) is 12.1 Å². The summed E-state index contributed by atoms with van der Waals surface area (Å²) < 4.78 is 5.68. The second-order valence-corrected chi connectivity index (χ2v) is 7.00.